The van der Waals surface area contributed by atoms with Crippen molar-refractivity contribution in [3.63, 3.8) is 0 Å². The summed E-state index contributed by atoms with van der Waals surface area (Å²) < 4.78 is 0. The predicted octanol–water partition coefficient (Wildman–Crippen LogP) is 3.04. The second-order valence-corrected chi connectivity index (χ2v) is 4.42. The zero-order valence-electron chi connectivity index (χ0n) is 10.5. The molecule has 3 heteroatoms. The molecule has 1 amide bonds. The van der Waals surface area contributed by atoms with Crippen molar-refractivity contribution in [2.45, 2.75) is 26.3 Å². The van der Waals surface area contributed by atoms with Crippen molar-refractivity contribution >= 4 is 16.8 Å². The van der Waals surface area contributed by atoms with Gasteiger partial charge in [-0.25, -0.2) is 0 Å². The van der Waals surface area contributed by atoms with Gasteiger partial charge in [0.25, 0.3) is 5.91 Å². The van der Waals surface area contributed by atoms with Crippen LogP contribution in [0.5, 0.6) is 0 Å². The summed E-state index contributed by atoms with van der Waals surface area (Å²) in [5.74, 6) is 0.0804. The molecule has 1 aromatic heterocycles. The first-order chi connectivity index (χ1) is 8.15. The van der Waals surface area contributed by atoms with E-state index in [1.807, 2.05) is 31.3 Å². The molecule has 0 saturated heterocycles. The molecule has 1 aromatic carbocycles. The topological polar surface area (TPSA) is 36.1 Å². The van der Waals surface area contributed by atoms with E-state index in [1.165, 1.54) is 0 Å². The smallest absolute Gasteiger partial charge is 0.256 e. The van der Waals surface area contributed by atoms with Crippen LogP contribution in [0.3, 0.4) is 0 Å². The fourth-order valence-electron chi connectivity index (χ4n) is 1.91. The van der Waals surface area contributed by atoms with Gasteiger partial charge in [0, 0.05) is 30.2 Å². The van der Waals surface area contributed by atoms with E-state index in [9.17, 15) is 4.79 Å². The highest BCUT2D eigenvalue weighted by Crippen LogP contribution is 2.19. The van der Waals surface area contributed by atoms with Crippen molar-refractivity contribution in [1.82, 2.24) is 9.88 Å². The van der Waals surface area contributed by atoms with Crippen LogP contribution in [0.1, 0.15) is 30.6 Å². The molecule has 0 bridgehead atoms. The lowest BCUT2D eigenvalue weighted by atomic mass is 10.1. The van der Waals surface area contributed by atoms with Crippen molar-refractivity contribution in [2.24, 2.45) is 0 Å². The molecule has 0 fully saturated rings. The standard InChI is InChI=1S/C14H18N2O/c1-4-10(2)16(3)14(17)12-9-15-13-8-6-5-7-11(12)13/h5-10,15H,4H2,1-3H3. The van der Waals surface area contributed by atoms with Crippen molar-refractivity contribution in [1.29, 1.82) is 0 Å². The monoisotopic (exact) mass is 230 g/mol. The number of nitrogens with zero attached hydrogens (tertiary/aromatic N) is 1. The van der Waals surface area contributed by atoms with Crippen LogP contribution in [0.4, 0.5) is 0 Å². The van der Waals surface area contributed by atoms with Crippen LogP contribution in [0.25, 0.3) is 10.9 Å². The minimum Gasteiger partial charge on any atom is -0.360 e. The fraction of sp³-hybridized carbons (Fsp3) is 0.357. The minimum atomic E-state index is 0.0804. The number of H-pyrrole nitrogens is 1. The number of hydrogen-bond donors (Lipinski definition) is 1. The molecule has 1 atom stereocenters. The summed E-state index contributed by atoms with van der Waals surface area (Å²) in [5.41, 5.74) is 1.76. The third kappa shape index (κ3) is 2.05. The Balaban J connectivity index is 2.37. The highest BCUT2D eigenvalue weighted by atomic mass is 16.2. The molecular weight excluding hydrogens is 212 g/mol. The van der Waals surface area contributed by atoms with Gasteiger partial charge in [0.05, 0.1) is 5.56 Å². The van der Waals surface area contributed by atoms with E-state index in [-0.39, 0.29) is 11.9 Å². The summed E-state index contributed by atoms with van der Waals surface area (Å²) in [6.07, 6.45) is 2.76. The molecule has 2 rings (SSSR count). The van der Waals surface area contributed by atoms with Crippen LogP contribution < -0.4 is 0 Å². The summed E-state index contributed by atoms with van der Waals surface area (Å²) in [6, 6.07) is 8.14. The number of para-hydroxylation sites is 1. The molecule has 3 nitrogen and oxygen atoms in total. The van der Waals surface area contributed by atoms with Crippen molar-refractivity contribution < 1.29 is 4.79 Å². The number of aromatic nitrogens is 1. The van der Waals surface area contributed by atoms with Crippen LogP contribution in [0.15, 0.2) is 30.5 Å². The Morgan fingerprint density at radius 3 is 2.82 bits per heavy atom. The van der Waals surface area contributed by atoms with E-state index in [2.05, 4.69) is 18.8 Å². The normalized spacial score (nSPS) is 12.6. The number of aromatic amines is 1. The minimum absolute atomic E-state index is 0.0804. The molecule has 1 heterocycles. The summed E-state index contributed by atoms with van der Waals surface area (Å²) >= 11 is 0. The van der Waals surface area contributed by atoms with Crippen LogP contribution in [0, 0.1) is 0 Å². The lowest BCUT2D eigenvalue weighted by Gasteiger charge is -2.23. The molecule has 17 heavy (non-hydrogen) atoms. The first-order valence-corrected chi connectivity index (χ1v) is 5.98. The largest absolute Gasteiger partial charge is 0.360 e. The van der Waals surface area contributed by atoms with Gasteiger partial charge in [0.2, 0.25) is 0 Å². The maximum absolute atomic E-state index is 12.3. The van der Waals surface area contributed by atoms with Gasteiger partial charge >= 0.3 is 0 Å². The third-order valence-corrected chi connectivity index (χ3v) is 3.39. The number of hydrogen-bond acceptors (Lipinski definition) is 1. The summed E-state index contributed by atoms with van der Waals surface area (Å²) in [4.78, 5) is 17.3. The van der Waals surface area contributed by atoms with Gasteiger partial charge in [-0.05, 0) is 19.4 Å². The van der Waals surface area contributed by atoms with Crippen LogP contribution >= 0.6 is 0 Å². The number of carbonyl (C=O) groups excluding carboxylic acids is 1. The maximum atomic E-state index is 12.3. The van der Waals surface area contributed by atoms with Crippen molar-refractivity contribution in [3.8, 4) is 0 Å². The first-order valence-electron chi connectivity index (χ1n) is 5.98. The summed E-state index contributed by atoms with van der Waals surface area (Å²) in [6.45, 7) is 4.15. The Hall–Kier alpha value is -1.77. The number of benzene rings is 1. The second kappa shape index (κ2) is 4.62. The van der Waals surface area contributed by atoms with Gasteiger partial charge in [0.1, 0.15) is 0 Å². The molecule has 1 N–H and O–H groups in total. The fourth-order valence-corrected chi connectivity index (χ4v) is 1.91. The lowest BCUT2D eigenvalue weighted by molar-refractivity contribution is 0.0742. The molecule has 0 radical (unpaired) electrons. The molecule has 0 saturated carbocycles. The van der Waals surface area contributed by atoms with Gasteiger partial charge in [-0.3, -0.25) is 4.79 Å². The SMILES string of the molecule is CCC(C)N(C)C(=O)c1c[nH]c2ccccc12. The molecule has 90 valence electrons. The van der Waals surface area contributed by atoms with Crippen LogP contribution in [-0.4, -0.2) is 28.9 Å². The molecule has 1 unspecified atom stereocenters. The predicted molar refractivity (Wildman–Crippen MR) is 70.1 cm³/mol. The zero-order chi connectivity index (χ0) is 12.4. The molecule has 0 aliphatic carbocycles. The number of nitrogens with one attached hydrogen (secondary N) is 1. The number of fused-ring (bicyclic) bond motifs is 1. The third-order valence-electron chi connectivity index (χ3n) is 3.39. The zero-order valence-corrected chi connectivity index (χ0v) is 10.5. The first kappa shape index (κ1) is 11.7. The quantitative estimate of drug-likeness (QED) is 0.864. The van der Waals surface area contributed by atoms with Gasteiger partial charge in [0.15, 0.2) is 0 Å². The van der Waals surface area contributed by atoms with E-state index in [1.54, 1.807) is 11.1 Å². The van der Waals surface area contributed by atoms with E-state index < -0.39 is 0 Å². The second-order valence-electron chi connectivity index (χ2n) is 4.42. The Bertz CT molecular complexity index is 530. The molecule has 0 aliphatic rings. The summed E-state index contributed by atoms with van der Waals surface area (Å²) in [5, 5.41) is 0.993. The van der Waals surface area contributed by atoms with Crippen LogP contribution in [-0.2, 0) is 0 Å². The number of carbonyl (C=O) groups is 1. The number of amides is 1. The maximum Gasteiger partial charge on any atom is 0.256 e. The Labute approximate surface area is 101 Å². The van der Waals surface area contributed by atoms with Gasteiger partial charge in [-0.1, -0.05) is 25.1 Å². The molecule has 0 spiro atoms. The Morgan fingerprint density at radius 1 is 1.41 bits per heavy atom. The summed E-state index contributed by atoms with van der Waals surface area (Å²) in [7, 11) is 1.86. The van der Waals surface area contributed by atoms with Gasteiger partial charge in [-0.15, -0.1) is 0 Å². The molecule has 2 aromatic rings. The Kier molecular flexibility index (Phi) is 3.18. The Morgan fingerprint density at radius 2 is 2.12 bits per heavy atom. The van der Waals surface area contributed by atoms with Crippen LogP contribution in [0.2, 0.25) is 0 Å². The van der Waals surface area contributed by atoms with Crippen molar-refractivity contribution in [3.05, 3.63) is 36.0 Å². The average Bonchev–Trinajstić information content (AvgIpc) is 2.79. The van der Waals surface area contributed by atoms with Gasteiger partial charge < -0.3 is 9.88 Å². The van der Waals surface area contributed by atoms with Gasteiger partial charge in [-0.2, -0.15) is 0 Å². The van der Waals surface area contributed by atoms with E-state index in [0.717, 1.165) is 22.9 Å². The lowest BCUT2D eigenvalue weighted by Crippen LogP contribution is -2.34. The van der Waals surface area contributed by atoms with E-state index in [0.29, 0.717) is 0 Å². The van der Waals surface area contributed by atoms with E-state index >= 15 is 0 Å². The van der Waals surface area contributed by atoms with E-state index in [4.69, 9.17) is 0 Å². The molecule has 0 aliphatic heterocycles. The van der Waals surface area contributed by atoms with Crippen molar-refractivity contribution in [2.75, 3.05) is 7.05 Å². The average molecular weight is 230 g/mol. The highest BCUT2D eigenvalue weighted by molar-refractivity contribution is 6.06. The number of rotatable bonds is 3. The molecular formula is C14H18N2O. The highest BCUT2D eigenvalue weighted by Gasteiger charge is 2.18.